The number of methoxy groups -OCH3 is 1. The molecule has 0 spiro atoms. The second kappa shape index (κ2) is 11.0. The van der Waals surface area contributed by atoms with Crippen LogP contribution in [-0.2, 0) is 16.0 Å². The zero-order valence-corrected chi connectivity index (χ0v) is 19.4. The van der Waals surface area contributed by atoms with Gasteiger partial charge in [0.05, 0.1) is 12.8 Å². The number of hydrogen-bond donors (Lipinski definition) is 1. The molecule has 34 heavy (non-hydrogen) atoms. The SMILES string of the molecule is COc1cccc(NC(=O)C[C@@H]2SC(=Nc3ccccc3)N(CCc3ccc(F)cc3)C2=O)c1. The van der Waals surface area contributed by atoms with E-state index >= 15 is 0 Å². The van der Waals surface area contributed by atoms with Crippen LogP contribution in [0.4, 0.5) is 15.8 Å². The number of amides is 2. The number of nitrogens with one attached hydrogen (secondary N) is 1. The number of thioether (sulfide) groups is 1. The molecule has 2 amide bonds. The van der Waals surface area contributed by atoms with E-state index in [0.29, 0.717) is 29.6 Å². The fourth-order valence-corrected chi connectivity index (χ4v) is 4.70. The van der Waals surface area contributed by atoms with Crippen molar-refractivity contribution in [1.29, 1.82) is 0 Å². The molecule has 1 fully saturated rings. The molecule has 0 bridgehead atoms. The van der Waals surface area contributed by atoms with Gasteiger partial charge in [-0.15, -0.1) is 0 Å². The Hall–Kier alpha value is -3.65. The van der Waals surface area contributed by atoms with E-state index < -0.39 is 5.25 Å². The minimum absolute atomic E-state index is 0.0154. The van der Waals surface area contributed by atoms with Crippen molar-refractivity contribution in [3.8, 4) is 5.75 Å². The van der Waals surface area contributed by atoms with Gasteiger partial charge in [0, 0.05) is 24.7 Å². The second-order valence-electron chi connectivity index (χ2n) is 7.69. The van der Waals surface area contributed by atoms with Gasteiger partial charge in [-0.3, -0.25) is 14.5 Å². The monoisotopic (exact) mass is 477 g/mol. The third-order valence-corrected chi connectivity index (χ3v) is 6.44. The van der Waals surface area contributed by atoms with E-state index in [2.05, 4.69) is 10.3 Å². The molecule has 3 aromatic carbocycles. The molecular weight excluding hydrogens is 453 g/mol. The van der Waals surface area contributed by atoms with Crippen molar-refractivity contribution >= 4 is 40.1 Å². The predicted molar refractivity (Wildman–Crippen MR) is 133 cm³/mol. The fourth-order valence-electron chi connectivity index (χ4n) is 3.52. The Morgan fingerprint density at radius 2 is 1.85 bits per heavy atom. The molecule has 0 aromatic heterocycles. The molecular formula is C26H24FN3O3S. The van der Waals surface area contributed by atoms with Crippen LogP contribution in [0.15, 0.2) is 83.9 Å². The van der Waals surface area contributed by atoms with Crippen molar-refractivity contribution in [3.63, 3.8) is 0 Å². The molecule has 0 radical (unpaired) electrons. The highest BCUT2D eigenvalue weighted by Gasteiger charge is 2.39. The van der Waals surface area contributed by atoms with E-state index in [9.17, 15) is 14.0 Å². The summed E-state index contributed by atoms with van der Waals surface area (Å²) < 4.78 is 18.4. The summed E-state index contributed by atoms with van der Waals surface area (Å²) in [7, 11) is 1.56. The van der Waals surface area contributed by atoms with E-state index in [-0.39, 0.29) is 24.1 Å². The highest BCUT2D eigenvalue weighted by molar-refractivity contribution is 8.15. The molecule has 1 heterocycles. The maximum atomic E-state index is 13.2. The molecule has 1 aliphatic rings. The van der Waals surface area contributed by atoms with Gasteiger partial charge < -0.3 is 10.1 Å². The Kier molecular flexibility index (Phi) is 7.59. The minimum Gasteiger partial charge on any atom is -0.497 e. The number of anilines is 1. The summed E-state index contributed by atoms with van der Waals surface area (Å²) >= 11 is 1.29. The normalized spacial score (nSPS) is 16.6. The second-order valence-corrected chi connectivity index (χ2v) is 8.86. The maximum absolute atomic E-state index is 13.2. The van der Waals surface area contributed by atoms with Crippen LogP contribution in [0.3, 0.4) is 0 Å². The van der Waals surface area contributed by atoms with Crippen LogP contribution in [0.2, 0.25) is 0 Å². The van der Waals surface area contributed by atoms with Gasteiger partial charge in [0.2, 0.25) is 11.8 Å². The molecule has 3 aromatic rings. The number of benzene rings is 3. The number of hydrogen-bond acceptors (Lipinski definition) is 5. The molecule has 0 aliphatic carbocycles. The third kappa shape index (κ3) is 6.02. The molecule has 1 saturated heterocycles. The molecule has 1 aliphatic heterocycles. The Balaban J connectivity index is 1.48. The van der Waals surface area contributed by atoms with Gasteiger partial charge in [-0.25, -0.2) is 9.38 Å². The average Bonchev–Trinajstić information content (AvgIpc) is 3.13. The number of carbonyl (C=O) groups excluding carboxylic acids is 2. The van der Waals surface area contributed by atoms with Crippen molar-refractivity contribution in [3.05, 3.63) is 90.2 Å². The van der Waals surface area contributed by atoms with Crippen molar-refractivity contribution in [1.82, 2.24) is 4.90 Å². The summed E-state index contributed by atoms with van der Waals surface area (Å²) in [5.74, 6) is -0.0977. The third-order valence-electron chi connectivity index (χ3n) is 5.26. The molecule has 174 valence electrons. The Morgan fingerprint density at radius 3 is 2.59 bits per heavy atom. The number of nitrogens with zero attached hydrogens (tertiary/aromatic N) is 2. The van der Waals surface area contributed by atoms with Crippen LogP contribution < -0.4 is 10.1 Å². The zero-order chi connectivity index (χ0) is 23.9. The van der Waals surface area contributed by atoms with Gasteiger partial charge in [-0.2, -0.15) is 0 Å². The number of aliphatic imine (C=N–C) groups is 1. The van der Waals surface area contributed by atoms with Crippen LogP contribution in [0.5, 0.6) is 5.75 Å². The average molecular weight is 478 g/mol. The number of para-hydroxylation sites is 1. The number of carbonyl (C=O) groups is 2. The maximum Gasteiger partial charge on any atom is 0.242 e. The first-order valence-corrected chi connectivity index (χ1v) is 11.7. The lowest BCUT2D eigenvalue weighted by Crippen LogP contribution is -2.35. The molecule has 1 atom stereocenters. The van der Waals surface area contributed by atoms with Crippen LogP contribution in [-0.4, -0.2) is 40.8 Å². The quantitative estimate of drug-likeness (QED) is 0.494. The number of ether oxygens (including phenoxy) is 1. The van der Waals surface area contributed by atoms with E-state index in [4.69, 9.17) is 4.74 Å². The van der Waals surface area contributed by atoms with Gasteiger partial charge in [0.15, 0.2) is 5.17 Å². The summed E-state index contributed by atoms with van der Waals surface area (Å²) in [6, 6.07) is 22.6. The summed E-state index contributed by atoms with van der Waals surface area (Å²) in [5, 5.41) is 2.80. The van der Waals surface area contributed by atoms with E-state index in [1.165, 1.54) is 23.9 Å². The first kappa shape index (κ1) is 23.5. The Bertz CT molecular complexity index is 1190. The standard InChI is InChI=1S/C26H24FN3O3S/c1-33-22-9-5-8-21(16-22)28-24(31)17-23-25(32)30(15-14-18-10-12-19(27)13-11-18)26(34-23)29-20-6-3-2-4-7-20/h2-13,16,23H,14-15,17H2,1H3,(H,28,31)/t23-/m0/s1. The minimum atomic E-state index is -0.582. The summed E-state index contributed by atoms with van der Waals surface area (Å²) in [6.07, 6.45) is 0.560. The van der Waals surface area contributed by atoms with E-state index in [1.807, 2.05) is 30.3 Å². The highest BCUT2D eigenvalue weighted by atomic mass is 32.2. The lowest BCUT2D eigenvalue weighted by Gasteiger charge is -2.16. The summed E-state index contributed by atoms with van der Waals surface area (Å²) in [5.41, 5.74) is 2.25. The largest absolute Gasteiger partial charge is 0.497 e. The lowest BCUT2D eigenvalue weighted by molar-refractivity contribution is -0.128. The van der Waals surface area contributed by atoms with Crippen LogP contribution in [0.25, 0.3) is 0 Å². The van der Waals surface area contributed by atoms with Crippen molar-refractivity contribution in [2.45, 2.75) is 18.1 Å². The first-order chi connectivity index (χ1) is 16.5. The van der Waals surface area contributed by atoms with Crippen LogP contribution in [0.1, 0.15) is 12.0 Å². The van der Waals surface area contributed by atoms with Gasteiger partial charge in [-0.1, -0.05) is 48.2 Å². The molecule has 0 unspecified atom stereocenters. The Morgan fingerprint density at radius 1 is 1.09 bits per heavy atom. The van der Waals surface area contributed by atoms with Crippen LogP contribution in [0, 0.1) is 5.82 Å². The molecule has 8 heteroatoms. The van der Waals surface area contributed by atoms with E-state index in [0.717, 1.165) is 11.3 Å². The van der Waals surface area contributed by atoms with E-state index in [1.54, 1.807) is 48.4 Å². The number of rotatable bonds is 8. The van der Waals surface area contributed by atoms with Crippen molar-refractivity contribution < 1.29 is 18.7 Å². The zero-order valence-electron chi connectivity index (χ0n) is 18.6. The molecule has 1 N–H and O–H groups in total. The smallest absolute Gasteiger partial charge is 0.242 e. The highest BCUT2D eigenvalue weighted by Crippen LogP contribution is 2.32. The van der Waals surface area contributed by atoms with Crippen LogP contribution >= 0.6 is 11.8 Å². The van der Waals surface area contributed by atoms with Crippen molar-refractivity contribution in [2.24, 2.45) is 4.99 Å². The molecule has 4 rings (SSSR count). The molecule has 0 saturated carbocycles. The lowest BCUT2D eigenvalue weighted by atomic mass is 10.1. The number of halogens is 1. The topological polar surface area (TPSA) is 71.0 Å². The summed E-state index contributed by atoms with van der Waals surface area (Å²) in [6.45, 7) is 0.386. The van der Waals surface area contributed by atoms with Gasteiger partial charge in [0.25, 0.3) is 0 Å². The first-order valence-electron chi connectivity index (χ1n) is 10.8. The van der Waals surface area contributed by atoms with Gasteiger partial charge in [0.1, 0.15) is 16.8 Å². The Labute approximate surface area is 201 Å². The number of amidine groups is 1. The molecule has 6 nitrogen and oxygen atoms in total. The van der Waals surface area contributed by atoms with Crippen molar-refractivity contribution in [2.75, 3.05) is 19.0 Å². The summed E-state index contributed by atoms with van der Waals surface area (Å²) in [4.78, 5) is 32.2. The van der Waals surface area contributed by atoms with Gasteiger partial charge >= 0.3 is 0 Å². The fraction of sp³-hybridized carbons (Fsp3) is 0.192. The van der Waals surface area contributed by atoms with Gasteiger partial charge in [-0.05, 0) is 48.4 Å². The predicted octanol–water partition coefficient (Wildman–Crippen LogP) is 5.04.